The quantitative estimate of drug-likeness (QED) is 0.633. The number of benzene rings is 2. The average molecular weight is 423 g/mol. The first-order valence-corrected chi connectivity index (χ1v) is 10.4. The number of methoxy groups -OCH3 is 1. The van der Waals surface area contributed by atoms with Gasteiger partial charge in [0.05, 0.1) is 13.7 Å². The number of nitrogens with one attached hydrogen (secondary N) is 1. The summed E-state index contributed by atoms with van der Waals surface area (Å²) in [5.41, 5.74) is 4.43. The first kappa shape index (κ1) is 20.0. The lowest BCUT2D eigenvalue weighted by molar-refractivity contribution is -0.142. The molecule has 0 bridgehead atoms. The lowest BCUT2D eigenvalue weighted by atomic mass is 10.0. The molecule has 1 N–H and O–H groups in total. The third-order valence-corrected chi connectivity index (χ3v) is 6.05. The molecule has 1 unspecified atom stereocenters. The Hall–Kier alpha value is -3.26. The standard InChI is InChI=1S/C22H22N4O3S/c1-13-8-9-15(21-24-14(2)25-30-21)10-18(13)23-11-20(27)26-12-17(22(28)29-3)16-6-4-5-7-19(16)26/h4-10,17,23H,11-12H2,1-3H3. The van der Waals surface area contributed by atoms with Crippen molar-refractivity contribution >= 4 is 34.8 Å². The molecule has 8 heteroatoms. The van der Waals surface area contributed by atoms with E-state index in [1.807, 2.05) is 56.3 Å². The second-order valence-electron chi connectivity index (χ2n) is 7.17. The van der Waals surface area contributed by atoms with Crippen LogP contribution in [-0.4, -0.2) is 41.4 Å². The number of hydrogen-bond acceptors (Lipinski definition) is 7. The first-order valence-electron chi connectivity index (χ1n) is 9.60. The molecule has 4 rings (SSSR count). The number of amides is 1. The Labute approximate surface area is 178 Å². The van der Waals surface area contributed by atoms with Crippen LogP contribution in [0.25, 0.3) is 10.6 Å². The molecule has 3 aromatic rings. The molecule has 1 aromatic heterocycles. The number of esters is 1. The van der Waals surface area contributed by atoms with Gasteiger partial charge in [-0.25, -0.2) is 4.98 Å². The number of para-hydroxylation sites is 1. The fourth-order valence-corrected chi connectivity index (χ4v) is 4.28. The molecule has 2 aromatic carbocycles. The fourth-order valence-electron chi connectivity index (χ4n) is 3.61. The van der Waals surface area contributed by atoms with Gasteiger partial charge in [-0.1, -0.05) is 30.3 Å². The fraction of sp³-hybridized carbons (Fsp3) is 0.273. The van der Waals surface area contributed by atoms with E-state index in [1.165, 1.54) is 18.6 Å². The van der Waals surface area contributed by atoms with E-state index in [0.29, 0.717) is 0 Å². The Morgan fingerprint density at radius 3 is 2.77 bits per heavy atom. The zero-order valence-electron chi connectivity index (χ0n) is 17.0. The van der Waals surface area contributed by atoms with Gasteiger partial charge >= 0.3 is 5.97 Å². The van der Waals surface area contributed by atoms with Gasteiger partial charge in [0.2, 0.25) is 5.91 Å². The minimum atomic E-state index is -0.458. The van der Waals surface area contributed by atoms with Crippen molar-refractivity contribution in [1.29, 1.82) is 0 Å². The maximum absolute atomic E-state index is 13.0. The SMILES string of the molecule is COC(=O)C1CN(C(=O)CNc2cc(-c3nc(C)ns3)ccc2C)c2ccccc21. The van der Waals surface area contributed by atoms with Gasteiger partial charge in [-0.05, 0) is 48.6 Å². The highest BCUT2D eigenvalue weighted by molar-refractivity contribution is 7.09. The van der Waals surface area contributed by atoms with Crippen LogP contribution in [0.3, 0.4) is 0 Å². The summed E-state index contributed by atoms with van der Waals surface area (Å²) in [4.78, 5) is 31.2. The number of anilines is 2. The van der Waals surface area contributed by atoms with Gasteiger partial charge in [0.1, 0.15) is 16.7 Å². The third kappa shape index (κ3) is 3.78. The molecule has 7 nitrogen and oxygen atoms in total. The van der Waals surface area contributed by atoms with Crippen LogP contribution in [-0.2, 0) is 14.3 Å². The smallest absolute Gasteiger partial charge is 0.315 e. The number of hydrogen-bond donors (Lipinski definition) is 1. The highest BCUT2D eigenvalue weighted by Gasteiger charge is 2.36. The summed E-state index contributed by atoms with van der Waals surface area (Å²) in [6.07, 6.45) is 0. The molecule has 0 aliphatic carbocycles. The Kier molecular flexibility index (Phi) is 5.50. The number of aromatic nitrogens is 2. The van der Waals surface area contributed by atoms with Crippen LogP contribution in [0.1, 0.15) is 22.9 Å². The molecule has 30 heavy (non-hydrogen) atoms. The number of nitrogens with zero attached hydrogens (tertiary/aromatic N) is 3. The summed E-state index contributed by atoms with van der Waals surface area (Å²) in [5, 5.41) is 4.09. The van der Waals surface area contributed by atoms with Crippen LogP contribution < -0.4 is 10.2 Å². The minimum absolute atomic E-state index is 0.106. The van der Waals surface area contributed by atoms with Crippen molar-refractivity contribution in [3.8, 4) is 10.6 Å². The maximum atomic E-state index is 13.0. The average Bonchev–Trinajstić information content (AvgIpc) is 3.36. The van der Waals surface area contributed by atoms with Crippen molar-refractivity contribution in [2.75, 3.05) is 30.4 Å². The van der Waals surface area contributed by atoms with E-state index >= 15 is 0 Å². The number of carbonyl (C=O) groups excluding carboxylic acids is 2. The molecule has 0 fully saturated rings. The first-order chi connectivity index (χ1) is 14.5. The Bertz CT molecular complexity index is 1110. The van der Waals surface area contributed by atoms with Crippen molar-refractivity contribution in [3.63, 3.8) is 0 Å². The summed E-state index contributed by atoms with van der Waals surface area (Å²) >= 11 is 1.35. The predicted octanol–water partition coefficient (Wildman–Crippen LogP) is 3.54. The second-order valence-corrected chi connectivity index (χ2v) is 7.92. The van der Waals surface area contributed by atoms with Gasteiger partial charge in [-0.3, -0.25) is 9.59 Å². The minimum Gasteiger partial charge on any atom is -0.468 e. The number of ether oxygens (including phenoxy) is 1. The third-order valence-electron chi connectivity index (χ3n) is 5.20. The van der Waals surface area contributed by atoms with Crippen LogP contribution in [0.5, 0.6) is 0 Å². The Morgan fingerprint density at radius 1 is 1.23 bits per heavy atom. The molecule has 0 radical (unpaired) electrons. The van der Waals surface area contributed by atoms with E-state index in [-0.39, 0.29) is 25.0 Å². The number of fused-ring (bicyclic) bond motifs is 1. The van der Waals surface area contributed by atoms with Crippen LogP contribution >= 0.6 is 11.5 Å². The van der Waals surface area contributed by atoms with Gasteiger partial charge < -0.3 is 15.0 Å². The van der Waals surface area contributed by atoms with E-state index in [9.17, 15) is 9.59 Å². The van der Waals surface area contributed by atoms with Crippen molar-refractivity contribution in [3.05, 3.63) is 59.4 Å². The molecule has 0 saturated heterocycles. The van der Waals surface area contributed by atoms with Gasteiger partial charge in [-0.2, -0.15) is 4.37 Å². The van der Waals surface area contributed by atoms with Gasteiger partial charge in [0.15, 0.2) is 0 Å². The van der Waals surface area contributed by atoms with Gasteiger partial charge in [0, 0.05) is 23.5 Å². The summed E-state index contributed by atoms with van der Waals surface area (Å²) in [6.45, 7) is 4.25. The zero-order chi connectivity index (χ0) is 21.3. The molecule has 1 amide bonds. The number of carbonyl (C=O) groups is 2. The Balaban J connectivity index is 1.51. The van der Waals surface area contributed by atoms with Gasteiger partial charge in [-0.15, -0.1) is 0 Å². The molecule has 1 aliphatic heterocycles. The highest BCUT2D eigenvalue weighted by Crippen LogP contribution is 2.37. The molecular weight excluding hydrogens is 400 g/mol. The Morgan fingerprint density at radius 2 is 2.03 bits per heavy atom. The van der Waals surface area contributed by atoms with Crippen LogP contribution in [0.2, 0.25) is 0 Å². The summed E-state index contributed by atoms with van der Waals surface area (Å²) < 4.78 is 9.15. The van der Waals surface area contributed by atoms with Crippen molar-refractivity contribution in [2.24, 2.45) is 0 Å². The van der Waals surface area contributed by atoms with Crippen LogP contribution in [0.15, 0.2) is 42.5 Å². The van der Waals surface area contributed by atoms with Crippen LogP contribution in [0, 0.1) is 13.8 Å². The normalized spacial score (nSPS) is 15.0. The zero-order valence-corrected chi connectivity index (χ0v) is 17.8. The molecule has 1 aliphatic rings. The second kappa shape index (κ2) is 8.23. The largest absolute Gasteiger partial charge is 0.468 e. The lowest BCUT2D eigenvalue weighted by Crippen LogP contribution is -2.35. The van der Waals surface area contributed by atoms with Crippen molar-refractivity contribution < 1.29 is 14.3 Å². The summed E-state index contributed by atoms with van der Waals surface area (Å²) in [7, 11) is 1.37. The van der Waals surface area contributed by atoms with E-state index in [0.717, 1.165) is 38.9 Å². The monoisotopic (exact) mass is 422 g/mol. The maximum Gasteiger partial charge on any atom is 0.315 e. The predicted molar refractivity (Wildman–Crippen MR) is 117 cm³/mol. The molecule has 0 spiro atoms. The van der Waals surface area contributed by atoms with E-state index in [4.69, 9.17) is 4.74 Å². The summed E-state index contributed by atoms with van der Waals surface area (Å²) in [5.74, 6) is -0.152. The summed E-state index contributed by atoms with van der Waals surface area (Å²) in [6, 6.07) is 13.4. The number of rotatable bonds is 5. The molecular formula is C22H22N4O3S. The van der Waals surface area contributed by atoms with Crippen molar-refractivity contribution in [2.45, 2.75) is 19.8 Å². The molecule has 154 valence electrons. The molecule has 0 saturated carbocycles. The molecule has 1 atom stereocenters. The van der Waals surface area contributed by atoms with E-state index < -0.39 is 5.92 Å². The molecule has 2 heterocycles. The topological polar surface area (TPSA) is 84.4 Å². The van der Waals surface area contributed by atoms with Crippen LogP contribution in [0.4, 0.5) is 11.4 Å². The number of aryl methyl sites for hydroxylation is 2. The lowest BCUT2D eigenvalue weighted by Gasteiger charge is -2.19. The van der Waals surface area contributed by atoms with E-state index in [1.54, 1.807) is 4.90 Å². The van der Waals surface area contributed by atoms with Gasteiger partial charge in [0.25, 0.3) is 0 Å². The van der Waals surface area contributed by atoms with E-state index in [2.05, 4.69) is 14.7 Å². The highest BCUT2D eigenvalue weighted by atomic mass is 32.1. The van der Waals surface area contributed by atoms with Crippen molar-refractivity contribution in [1.82, 2.24) is 9.36 Å².